The second kappa shape index (κ2) is 8.80. The molecule has 0 radical (unpaired) electrons. The van der Waals surface area contributed by atoms with Gasteiger partial charge in [-0.25, -0.2) is 0 Å². The molecule has 4 nitrogen and oxygen atoms in total. The molecule has 0 fully saturated rings. The number of benzene rings is 2. The van der Waals surface area contributed by atoms with Gasteiger partial charge >= 0.3 is 5.97 Å². The Morgan fingerprint density at radius 2 is 1.74 bits per heavy atom. The molecule has 0 saturated carbocycles. The number of Topliss-reactive ketones (excluding diaryl/α,β-unsaturated/α-hetero) is 1. The van der Waals surface area contributed by atoms with Crippen LogP contribution in [0.4, 0.5) is 0 Å². The van der Waals surface area contributed by atoms with Gasteiger partial charge in [0, 0.05) is 34.3 Å². The number of hydrogen-bond acceptors (Lipinski definition) is 4. The van der Waals surface area contributed by atoms with Crippen molar-refractivity contribution in [1.82, 2.24) is 0 Å². The zero-order chi connectivity index (χ0) is 22.1. The normalized spacial score (nSPS) is 23.5. The number of esters is 1. The van der Waals surface area contributed by atoms with Gasteiger partial charge in [-0.3, -0.25) is 14.6 Å². The van der Waals surface area contributed by atoms with E-state index in [4.69, 9.17) is 21.3 Å². The van der Waals surface area contributed by atoms with Crippen LogP contribution < -0.4 is 0 Å². The van der Waals surface area contributed by atoms with Gasteiger partial charge in [0.2, 0.25) is 0 Å². The number of carbonyl (C=O) groups excluding carboxylic acids is 2. The highest BCUT2D eigenvalue weighted by Gasteiger charge is 2.45. The summed E-state index contributed by atoms with van der Waals surface area (Å²) in [5.74, 6) is -1.42. The van der Waals surface area contributed by atoms with Crippen LogP contribution in [0.15, 0.2) is 70.9 Å². The first kappa shape index (κ1) is 21.5. The van der Waals surface area contributed by atoms with E-state index < -0.39 is 11.8 Å². The summed E-state index contributed by atoms with van der Waals surface area (Å²) in [5, 5.41) is 0.536. The van der Waals surface area contributed by atoms with Gasteiger partial charge in [0.05, 0.1) is 6.10 Å². The molecule has 0 N–H and O–H groups in total. The van der Waals surface area contributed by atoms with Crippen LogP contribution in [-0.4, -0.2) is 23.6 Å². The maximum atomic E-state index is 13.5. The third-order valence-electron chi connectivity index (χ3n) is 6.01. The lowest BCUT2D eigenvalue weighted by Crippen LogP contribution is -2.38. The minimum atomic E-state index is -0.668. The van der Waals surface area contributed by atoms with Gasteiger partial charge in [0.1, 0.15) is 5.92 Å². The minimum absolute atomic E-state index is 0.0265. The standard InChI is InChI=1S/C26H26ClNO3/c1-15(2)31-26(30)23-16(3)28-21-13-18(17-9-5-4-6-10-17)14-22(29)25(21)24(23)19-11-7-8-12-20(19)27/h4-12,15,18,23-24H,13-14H2,1-3H3/t18-,23?,24+/m1/s1. The Balaban J connectivity index is 1.82. The third-order valence-corrected chi connectivity index (χ3v) is 6.35. The fourth-order valence-electron chi connectivity index (χ4n) is 4.69. The van der Waals surface area contributed by atoms with Crippen molar-refractivity contribution in [3.8, 4) is 0 Å². The monoisotopic (exact) mass is 435 g/mol. The molecule has 0 saturated heterocycles. The zero-order valence-electron chi connectivity index (χ0n) is 18.0. The summed E-state index contributed by atoms with van der Waals surface area (Å²) in [4.78, 5) is 31.4. The molecule has 2 aromatic rings. The fraction of sp³-hybridized carbons (Fsp3) is 0.346. The average Bonchev–Trinajstić information content (AvgIpc) is 2.73. The van der Waals surface area contributed by atoms with Crippen molar-refractivity contribution < 1.29 is 14.3 Å². The van der Waals surface area contributed by atoms with E-state index in [9.17, 15) is 9.59 Å². The summed E-state index contributed by atoms with van der Waals surface area (Å²) < 4.78 is 5.56. The number of hydrogen-bond donors (Lipinski definition) is 0. The van der Waals surface area contributed by atoms with Gasteiger partial charge in [-0.2, -0.15) is 0 Å². The van der Waals surface area contributed by atoms with E-state index in [0.717, 1.165) is 16.8 Å². The minimum Gasteiger partial charge on any atom is -0.462 e. The fourth-order valence-corrected chi connectivity index (χ4v) is 4.95. The predicted octanol–water partition coefficient (Wildman–Crippen LogP) is 5.87. The Kier molecular flexibility index (Phi) is 6.10. The van der Waals surface area contributed by atoms with E-state index in [1.165, 1.54) is 0 Å². The highest BCUT2D eigenvalue weighted by atomic mass is 35.5. The molecule has 1 unspecified atom stereocenters. The summed E-state index contributed by atoms with van der Waals surface area (Å²) in [6.45, 7) is 5.48. The van der Waals surface area contributed by atoms with Crippen molar-refractivity contribution >= 4 is 29.1 Å². The Hall–Kier alpha value is -2.72. The van der Waals surface area contributed by atoms with Gasteiger partial charge in [-0.1, -0.05) is 60.1 Å². The Morgan fingerprint density at radius 3 is 2.42 bits per heavy atom. The summed E-state index contributed by atoms with van der Waals surface area (Å²) in [5.41, 5.74) is 3.93. The van der Waals surface area contributed by atoms with Crippen LogP contribution in [0.25, 0.3) is 0 Å². The molecule has 1 heterocycles. The number of carbonyl (C=O) groups is 2. The Labute approximate surface area is 188 Å². The third kappa shape index (κ3) is 4.22. The number of aliphatic imine (C=N–C) groups is 1. The lowest BCUT2D eigenvalue weighted by atomic mass is 9.69. The molecule has 0 spiro atoms. The quantitative estimate of drug-likeness (QED) is 0.564. The smallest absolute Gasteiger partial charge is 0.315 e. The largest absolute Gasteiger partial charge is 0.462 e. The van der Waals surface area contributed by atoms with Crippen LogP contribution in [0.5, 0.6) is 0 Å². The molecule has 31 heavy (non-hydrogen) atoms. The van der Waals surface area contributed by atoms with Crippen molar-refractivity contribution in [3.05, 3.63) is 82.0 Å². The Bertz CT molecular complexity index is 1070. The second-order valence-electron chi connectivity index (χ2n) is 8.52. The van der Waals surface area contributed by atoms with E-state index in [1.54, 1.807) is 6.07 Å². The van der Waals surface area contributed by atoms with Crippen LogP contribution in [0, 0.1) is 5.92 Å². The van der Waals surface area contributed by atoms with Gasteiger partial charge in [0.25, 0.3) is 0 Å². The van der Waals surface area contributed by atoms with E-state index >= 15 is 0 Å². The summed E-state index contributed by atoms with van der Waals surface area (Å²) in [6.07, 6.45) is 0.798. The number of ether oxygens (including phenoxy) is 1. The van der Waals surface area contributed by atoms with E-state index in [1.807, 2.05) is 57.2 Å². The van der Waals surface area contributed by atoms with Crippen LogP contribution in [-0.2, 0) is 14.3 Å². The van der Waals surface area contributed by atoms with E-state index in [0.29, 0.717) is 29.1 Å². The van der Waals surface area contributed by atoms with Crippen molar-refractivity contribution in [2.24, 2.45) is 10.9 Å². The molecule has 5 heteroatoms. The molecule has 1 aliphatic carbocycles. The van der Waals surface area contributed by atoms with Crippen molar-refractivity contribution in [1.29, 1.82) is 0 Å². The van der Waals surface area contributed by atoms with Crippen molar-refractivity contribution in [3.63, 3.8) is 0 Å². The highest BCUT2D eigenvalue weighted by molar-refractivity contribution is 6.31. The Morgan fingerprint density at radius 1 is 1.06 bits per heavy atom. The topological polar surface area (TPSA) is 55.7 Å². The summed E-state index contributed by atoms with van der Waals surface area (Å²) in [7, 11) is 0. The summed E-state index contributed by atoms with van der Waals surface area (Å²) >= 11 is 6.56. The molecule has 3 atom stereocenters. The first-order valence-electron chi connectivity index (χ1n) is 10.7. The van der Waals surface area contributed by atoms with Crippen molar-refractivity contribution in [2.45, 2.75) is 51.6 Å². The number of rotatable bonds is 4. The molecule has 1 aliphatic heterocycles. The molecule has 2 aromatic carbocycles. The van der Waals surface area contributed by atoms with E-state index in [-0.39, 0.29) is 23.8 Å². The molecule has 2 aliphatic rings. The molecular weight excluding hydrogens is 410 g/mol. The second-order valence-corrected chi connectivity index (χ2v) is 8.92. The van der Waals surface area contributed by atoms with E-state index in [2.05, 4.69) is 12.1 Å². The molecule has 4 rings (SSSR count). The van der Waals surface area contributed by atoms with Crippen LogP contribution in [0.1, 0.15) is 56.6 Å². The average molecular weight is 436 g/mol. The molecular formula is C26H26ClNO3. The molecule has 0 amide bonds. The molecule has 0 bridgehead atoms. The first-order chi connectivity index (χ1) is 14.9. The predicted molar refractivity (Wildman–Crippen MR) is 122 cm³/mol. The van der Waals surface area contributed by atoms with Crippen LogP contribution in [0.2, 0.25) is 5.02 Å². The highest BCUT2D eigenvalue weighted by Crippen LogP contribution is 2.48. The van der Waals surface area contributed by atoms with Gasteiger partial charge in [-0.05, 0) is 50.3 Å². The maximum absolute atomic E-state index is 13.5. The SMILES string of the molecule is CC1=NC2=C(C(=O)C[C@H](c3ccccc3)C2)[C@@H](c2ccccc2Cl)C1C(=O)OC(C)C. The zero-order valence-corrected chi connectivity index (χ0v) is 18.7. The van der Waals surface area contributed by atoms with Crippen LogP contribution >= 0.6 is 11.6 Å². The van der Waals surface area contributed by atoms with Gasteiger partial charge < -0.3 is 4.74 Å². The van der Waals surface area contributed by atoms with Gasteiger partial charge in [0.15, 0.2) is 5.78 Å². The van der Waals surface area contributed by atoms with Crippen molar-refractivity contribution in [2.75, 3.05) is 0 Å². The number of allylic oxidation sites excluding steroid dienone is 2. The number of nitrogens with zero attached hydrogens (tertiary/aromatic N) is 1. The summed E-state index contributed by atoms with van der Waals surface area (Å²) in [6, 6.07) is 17.5. The molecule has 160 valence electrons. The number of halogens is 1. The molecule has 0 aromatic heterocycles. The lowest BCUT2D eigenvalue weighted by molar-refractivity contribution is -0.150. The first-order valence-corrected chi connectivity index (χ1v) is 11.1. The lowest BCUT2D eigenvalue weighted by Gasteiger charge is -2.37. The van der Waals surface area contributed by atoms with Gasteiger partial charge in [-0.15, -0.1) is 0 Å². The maximum Gasteiger partial charge on any atom is 0.315 e. The van der Waals surface area contributed by atoms with Crippen LogP contribution in [0.3, 0.4) is 0 Å². The number of ketones is 1.